The second kappa shape index (κ2) is 6.82. The van der Waals surface area contributed by atoms with Crippen LogP contribution in [0.4, 0.5) is 10.5 Å². The molecule has 0 unspecified atom stereocenters. The first kappa shape index (κ1) is 14.2. The van der Waals surface area contributed by atoms with Gasteiger partial charge in [-0.3, -0.25) is 4.90 Å². The van der Waals surface area contributed by atoms with Crippen molar-refractivity contribution < 1.29 is 9.53 Å². The second-order valence-electron chi connectivity index (χ2n) is 4.83. The van der Waals surface area contributed by atoms with Gasteiger partial charge in [-0.2, -0.15) is 11.8 Å². The van der Waals surface area contributed by atoms with Crippen LogP contribution in [0.25, 0.3) is 0 Å². The number of carbonyl (C=O) groups excluding carboxylic acids is 1. The van der Waals surface area contributed by atoms with Gasteiger partial charge in [0.2, 0.25) is 0 Å². The molecular weight excluding hydrogens is 260 g/mol. The largest absolute Gasteiger partial charge is 0.443 e. The van der Waals surface area contributed by atoms with E-state index in [1.165, 1.54) is 0 Å². The fraction of sp³-hybridized carbons (Fsp3) is 0.500. The van der Waals surface area contributed by atoms with Crippen LogP contribution in [0.15, 0.2) is 30.3 Å². The number of hydrogen-bond donors (Lipinski definition) is 0. The lowest BCUT2D eigenvalue weighted by atomic mass is 10.3. The van der Waals surface area contributed by atoms with E-state index in [0.29, 0.717) is 6.54 Å². The van der Waals surface area contributed by atoms with Gasteiger partial charge in [-0.15, -0.1) is 0 Å². The standard InChI is InChI=1S/C14H20N2O2S/c1-15(2)8-9-19-11-13-10-16(14(17)18-13)12-6-4-3-5-7-12/h3-7,13H,8-11H2,1-2H3/t13-/m0/s1. The highest BCUT2D eigenvalue weighted by Gasteiger charge is 2.31. The summed E-state index contributed by atoms with van der Waals surface area (Å²) in [6, 6.07) is 9.68. The maximum Gasteiger partial charge on any atom is 0.414 e. The third-order valence-electron chi connectivity index (χ3n) is 2.93. The number of ether oxygens (including phenoxy) is 1. The lowest BCUT2D eigenvalue weighted by Crippen LogP contribution is -2.25. The maximum atomic E-state index is 11.8. The van der Waals surface area contributed by atoms with Gasteiger partial charge in [-0.05, 0) is 26.2 Å². The molecule has 1 aromatic rings. The summed E-state index contributed by atoms with van der Waals surface area (Å²) in [5, 5.41) is 0. The molecule has 1 amide bonds. The molecule has 0 aliphatic carbocycles. The predicted octanol–water partition coefficient (Wildman–Crippen LogP) is 2.31. The van der Waals surface area contributed by atoms with Crippen LogP contribution in [0.1, 0.15) is 0 Å². The number of carbonyl (C=O) groups is 1. The maximum absolute atomic E-state index is 11.8. The van der Waals surface area contributed by atoms with Crippen LogP contribution in [0.3, 0.4) is 0 Å². The molecular formula is C14H20N2O2S. The Hall–Kier alpha value is -1.20. The molecule has 1 heterocycles. The summed E-state index contributed by atoms with van der Waals surface area (Å²) in [5.41, 5.74) is 0.910. The highest BCUT2D eigenvalue weighted by molar-refractivity contribution is 7.99. The van der Waals surface area contributed by atoms with Gasteiger partial charge in [-0.25, -0.2) is 4.79 Å². The number of cyclic esters (lactones) is 1. The fourth-order valence-corrected chi connectivity index (χ4v) is 2.99. The van der Waals surface area contributed by atoms with Gasteiger partial charge in [0, 0.05) is 23.7 Å². The van der Waals surface area contributed by atoms with E-state index >= 15 is 0 Å². The van der Waals surface area contributed by atoms with Crippen LogP contribution in [0.5, 0.6) is 0 Å². The predicted molar refractivity (Wildman–Crippen MR) is 79.9 cm³/mol. The zero-order chi connectivity index (χ0) is 13.7. The van der Waals surface area contributed by atoms with Crippen molar-refractivity contribution in [2.75, 3.05) is 43.6 Å². The van der Waals surface area contributed by atoms with Crippen molar-refractivity contribution in [2.24, 2.45) is 0 Å². The van der Waals surface area contributed by atoms with Crippen molar-refractivity contribution in [3.05, 3.63) is 30.3 Å². The van der Waals surface area contributed by atoms with E-state index < -0.39 is 0 Å². The number of benzene rings is 1. The van der Waals surface area contributed by atoms with E-state index in [-0.39, 0.29) is 12.2 Å². The van der Waals surface area contributed by atoms with Gasteiger partial charge in [-0.1, -0.05) is 18.2 Å². The summed E-state index contributed by atoms with van der Waals surface area (Å²) in [4.78, 5) is 15.7. The number of amides is 1. The van der Waals surface area contributed by atoms with Gasteiger partial charge in [0.05, 0.1) is 6.54 Å². The van der Waals surface area contributed by atoms with E-state index in [1.54, 1.807) is 4.90 Å². The smallest absolute Gasteiger partial charge is 0.414 e. The average Bonchev–Trinajstić information content (AvgIpc) is 2.77. The Kier molecular flexibility index (Phi) is 5.10. The van der Waals surface area contributed by atoms with Gasteiger partial charge in [0.25, 0.3) is 0 Å². The average molecular weight is 280 g/mol. The van der Waals surface area contributed by atoms with Gasteiger partial charge < -0.3 is 9.64 Å². The number of anilines is 1. The van der Waals surface area contributed by atoms with Gasteiger partial charge in [0.15, 0.2) is 0 Å². The molecule has 2 rings (SSSR count). The highest BCUT2D eigenvalue weighted by atomic mass is 32.2. The normalized spacial score (nSPS) is 19.0. The molecule has 104 valence electrons. The molecule has 1 aliphatic rings. The van der Waals surface area contributed by atoms with E-state index in [1.807, 2.05) is 42.1 Å². The molecule has 19 heavy (non-hydrogen) atoms. The first-order valence-electron chi connectivity index (χ1n) is 6.42. The number of nitrogens with zero attached hydrogens (tertiary/aromatic N) is 2. The molecule has 0 spiro atoms. The molecule has 5 heteroatoms. The number of hydrogen-bond acceptors (Lipinski definition) is 4. The molecule has 0 bridgehead atoms. The minimum absolute atomic E-state index is 0.000122. The Morgan fingerprint density at radius 2 is 2.11 bits per heavy atom. The zero-order valence-electron chi connectivity index (χ0n) is 11.4. The topological polar surface area (TPSA) is 32.8 Å². The lowest BCUT2D eigenvalue weighted by Gasteiger charge is -2.12. The summed E-state index contributed by atoms with van der Waals surface area (Å²) >= 11 is 1.83. The number of para-hydroxylation sites is 1. The molecule has 0 N–H and O–H groups in total. The first-order chi connectivity index (χ1) is 9.16. The molecule has 0 radical (unpaired) electrons. The summed E-state index contributed by atoms with van der Waals surface area (Å²) < 4.78 is 5.39. The Morgan fingerprint density at radius 3 is 2.79 bits per heavy atom. The van der Waals surface area contributed by atoms with Crippen molar-refractivity contribution in [1.82, 2.24) is 4.90 Å². The molecule has 0 saturated carbocycles. The second-order valence-corrected chi connectivity index (χ2v) is 5.98. The van der Waals surface area contributed by atoms with E-state index in [4.69, 9.17) is 4.74 Å². The van der Waals surface area contributed by atoms with Crippen LogP contribution in [-0.4, -0.2) is 55.8 Å². The summed E-state index contributed by atoms with van der Waals surface area (Å²) in [6.07, 6.45) is -0.232. The van der Waals surface area contributed by atoms with E-state index in [0.717, 1.165) is 23.7 Å². The molecule has 1 saturated heterocycles. The van der Waals surface area contributed by atoms with Crippen molar-refractivity contribution in [3.63, 3.8) is 0 Å². The molecule has 1 atom stereocenters. The number of thioether (sulfide) groups is 1. The molecule has 4 nitrogen and oxygen atoms in total. The molecule has 0 aromatic heterocycles. The summed E-state index contributed by atoms with van der Waals surface area (Å²) in [5.74, 6) is 1.93. The minimum Gasteiger partial charge on any atom is -0.443 e. The summed E-state index contributed by atoms with van der Waals surface area (Å²) in [6.45, 7) is 1.70. The van der Waals surface area contributed by atoms with Crippen LogP contribution < -0.4 is 4.90 Å². The van der Waals surface area contributed by atoms with Crippen LogP contribution in [0, 0.1) is 0 Å². The van der Waals surface area contributed by atoms with Crippen LogP contribution in [-0.2, 0) is 4.74 Å². The molecule has 1 aliphatic heterocycles. The van der Waals surface area contributed by atoms with Crippen molar-refractivity contribution in [2.45, 2.75) is 6.10 Å². The quantitative estimate of drug-likeness (QED) is 0.749. The van der Waals surface area contributed by atoms with Gasteiger partial charge in [0.1, 0.15) is 6.10 Å². The Balaban J connectivity index is 1.80. The number of rotatable bonds is 6. The summed E-state index contributed by atoms with van der Waals surface area (Å²) in [7, 11) is 4.13. The third kappa shape index (κ3) is 4.14. The Morgan fingerprint density at radius 1 is 1.37 bits per heavy atom. The Labute approximate surface area is 118 Å². The Bertz CT molecular complexity index is 411. The SMILES string of the molecule is CN(C)CCSC[C@@H]1CN(c2ccccc2)C(=O)O1. The van der Waals surface area contributed by atoms with Crippen molar-refractivity contribution in [1.29, 1.82) is 0 Å². The van der Waals surface area contributed by atoms with E-state index in [9.17, 15) is 4.79 Å². The minimum atomic E-state index is -0.232. The van der Waals surface area contributed by atoms with Crippen LogP contribution in [0.2, 0.25) is 0 Å². The first-order valence-corrected chi connectivity index (χ1v) is 7.58. The van der Waals surface area contributed by atoms with Crippen LogP contribution >= 0.6 is 11.8 Å². The van der Waals surface area contributed by atoms with Crippen molar-refractivity contribution in [3.8, 4) is 0 Å². The zero-order valence-corrected chi connectivity index (χ0v) is 12.2. The third-order valence-corrected chi connectivity index (χ3v) is 4.01. The highest BCUT2D eigenvalue weighted by Crippen LogP contribution is 2.22. The van der Waals surface area contributed by atoms with Crippen molar-refractivity contribution >= 4 is 23.5 Å². The molecule has 1 aromatic carbocycles. The fourth-order valence-electron chi connectivity index (χ4n) is 1.89. The molecule has 1 fully saturated rings. The van der Waals surface area contributed by atoms with Gasteiger partial charge >= 0.3 is 6.09 Å². The lowest BCUT2D eigenvalue weighted by molar-refractivity contribution is 0.151. The van der Waals surface area contributed by atoms with E-state index in [2.05, 4.69) is 19.0 Å². The monoisotopic (exact) mass is 280 g/mol.